The molecular weight excluding hydrogens is 368 g/mol. The van der Waals surface area contributed by atoms with Gasteiger partial charge in [0.15, 0.2) is 6.79 Å². The van der Waals surface area contributed by atoms with Gasteiger partial charge in [-0.05, 0) is 11.1 Å². The highest BCUT2D eigenvalue weighted by atomic mass is 16.7. The van der Waals surface area contributed by atoms with Crippen molar-refractivity contribution in [3.05, 3.63) is 71.8 Å². The Morgan fingerprint density at radius 1 is 1.07 bits per heavy atom. The number of hydrazone groups is 1. The smallest absolute Gasteiger partial charge is 0.307 e. The molecular formula is C23H26N2O4. The molecule has 2 aromatic carbocycles. The van der Waals surface area contributed by atoms with Crippen molar-refractivity contribution < 1.29 is 19.1 Å². The zero-order chi connectivity index (χ0) is 20.7. The third-order valence-corrected chi connectivity index (χ3v) is 5.05. The molecule has 0 saturated carbocycles. The molecule has 152 valence electrons. The van der Waals surface area contributed by atoms with Gasteiger partial charge in [-0.2, -0.15) is 5.10 Å². The summed E-state index contributed by atoms with van der Waals surface area (Å²) in [7, 11) is 0. The van der Waals surface area contributed by atoms with Crippen molar-refractivity contribution in [1.82, 2.24) is 5.01 Å². The summed E-state index contributed by atoms with van der Waals surface area (Å²) in [4.78, 5) is 23.8. The monoisotopic (exact) mass is 394 g/mol. The van der Waals surface area contributed by atoms with E-state index in [9.17, 15) is 9.59 Å². The Balaban J connectivity index is 1.85. The van der Waals surface area contributed by atoms with E-state index in [4.69, 9.17) is 9.47 Å². The van der Waals surface area contributed by atoms with Crippen molar-refractivity contribution in [3.63, 3.8) is 0 Å². The second kappa shape index (κ2) is 9.47. The van der Waals surface area contributed by atoms with Crippen molar-refractivity contribution in [1.29, 1.82) is 0 Å². The van der Waals surface area contributed by atoms with Crippen LogP contribution in [-0.4, -0.2) is 36.0 Å². The van der Waals surface area contributed by atoms with Crippen molar-refractivity contribution in [2.75, 3.05) is 13.4 Å². The number of amides is 1. The molecule has 1 amide bonds. The van der Waals surface area contributed by atoms with E-state index < -0.39 is 5.54 Å². The molecule has 6 nitrogen and oxygen atoms in total. The Hall–Kier alpha value is -2.99. The van der Waals surface area contributed by atoms with Gasteiger partial charge in [-0.15, -0.1) is 0 Å². The largest absolute Gasteiger partial charge is 0.438 e. The van der Waals surface area contributed by atoms with Crippen LogP contribution >= 0.6 is 0 Å². The fourth-order valence-corrected chi connectivity index (χ4v) is 3.59. The molecule has 1 heterocycles. The fourth-order valence-electron chi connectivity index (χ4n) is 3.59. The van der Waals surface area contributed by atoms with Crippen LogP contribution in [0.25, 0.3) is 0 Å². The molecule has 0 radical (unpaired) electrons. The summed E-state index contributed by atoms with van der Waals surface area (Å²) in [5, 5.41) is 6.26. The molecule has 6 heteroatoms. The molecule has 3 rings (SSSR count). The molecule has 1 aliphatic rings. The fraction of sp³-hybridized carbons (Fsp3) is 0.348. The van der Waals surface area contributed by atoms with Crippen LogP contribution in [0, 0.1) is 0 Å². The third kappa shape index (κ3) is 4.71. The number of hydrogen-bond donors (Lipinski definition) is 0. The van der Waals surface area contributed by atoms with Crippen LogP contribution < -0.4 is 0 Å². The first-order chi connectivity index (χ1) is 14.1. The molecule has 0 bridgehead atoms. The predicted molar refractivity (Wildman–Crippen MR) is 110 cm³/mol. The zero-order valence-corrected chi connectivity index (χ0v) is 16.8. The first-order valence-corrected chi connectivity index (χ1v) is 9.79. The SMILES string of the molecule is CCC(=O)OCOCCC1(c2ccccc2)CC(c2ccccc2)=NN1C(C)=O. The van der Waals surface area contributed by atoms with Crippen molar-refractivity contribution in [2.45, 2.75) is 38.6 Å². The number of benzene rings is 2. The zero-order valence-electron chi connectivity index (χ0n) is 16.8. The van der Waals surface area contributed by atoms with Crippen LogP contribution in [0.2, 0.25) is 0 Å². The summed E-state index contributed by atoms with van der Waals surface area (Å²) in [5.74, 6) is -0.430. The van der Waals surface area contributed by atoms with Crippen molar-refractivity contribution >= 4 is 17.6 Å². The Morgan fingerprint density at radius 3 is 2.34 bits per heavy atom. The van der Waals surface area contributed by atoms with Gasteiger partial charge in [-0.25, -0.2) is 5.01 Å². The number of hydrogen-bond acceptors (Lipinski definition) is 5. The van der Waals surface area contributed by atoms with Crippen molar-refractivity contribution in [3.8, 4) is 0 Å². The number of nitrogens with zero attached hydrogens (tertiary/aromatic N) is 2. The Kier molecular flexibility index (Phi) is 6.77. The summed E-state index contributed by atoms with van der Waals surface area (Å²) in [5.41, 5.74) is 2.21. The van der Waals surface area contributed by atoms with Crippen LogP contribution in [0.4, 0.5) is 0 Å². The Morgan fingerprint density at radius 2 is 1.72 bits per heavy atom. The maximum absolute atomic E-state index is 12.5. The molecule has 1 aliphatic heterocycles. The van der Waals surface area contributed by atoms with Gasteiger partial charge in [0.25, 0.3) is 0 Å². The first-order valence-electron chi connectivity index (χ1n) is 9.79. The van der Waals surface area contributed by atoms with Gasteiger partial charge in [-0.1, -0.05) is 67.6 Å². The van der Waals surface area contributed by atoms with E-state index in [2.05, 4.69) is 5.10 Å². The summed E-state index contributed by atoms with van der Waals surface area (Å²) in [6.45, 7) is 3.49. The molecule has 0 aliphatic carbocycles. The van der Waals surface area contributed by atoms with Crippen LogP contribution in [0.3, 0.4) is 0 Å². The Bertz CT molecular complexity index is 867. The highest BCUT2D eigenvalue weighted by Crippen LogP contribution is 2.42. The van der Waals surface area contributed by atoms with Gasteiger partial charge in [0.05, 0.1) is 17.9 Å². The summed E-state index contributed by atoms with van der Waals surface area (Å²) < 4.78 is 10.5. The predicted octanol–water partition coefficient (Wildman–Crippen LogP) is 3.86. The van der Waals surface area contributed by atoms with Gasteiger partial charge < -0.3 is 9.47 Å². The highest BCUT2D eigenvalue weighted by molar-refractivity contribution is 6.03. The molecule has 0 N–H and O–H groups in total. The standard InChI is InChI=1S/C23H26N2O4/c1-3-22(27)29-17-28-15-14-23(20-12-8-5-9-13-20)16-21(24-25(23)18(2)26)19-10-6-4-7-11-19/h4-13H,3,14-17H2,1-2H3. The summed E-state index contributed by atoms with van der Waals surface area (Å²) in [6, 6.07) is 19.8. The number of carbonyl (C=O) groups excluding carboxylic acids is 2. The number of rotatable bonds is 8. The molecule has 2 aromatic rings. The van der Waals surface area contributed by atoms with Crippen LogP contribution in [-0.2, 0) is 24.6 Å². The van der Waals surface area contributed by atoms with Gasteiger partial charge in [-0.3, -0.25) is 9.59 Å². The minimum absolute atomic E-state index is 0.0932. The van der Waals surface area contributed by atoms with E-state index in [0.717, 1.165) is 16.8 Å². The molecule has 0 spiro atoms. The topological polar surface area (TPSA) is 68.2 Å². The van der Waals surface area contributed by atoms with Gasteiger partial charge in [0.1, 0.15) is 0 Å². The third-order valence-electron chi connectivity index (χ3n) is 5.05. The van der Waals surface area contributed by atoms with E-state index in [1.807, 2.05) is 60.7 Å². The normalized spacial score (nSPS) is 18.4. The molecule has 0 fully saturated rings. The van der Waals surface area contributed by atoms with E-state index in [-0.39, 0.29) is 18.7 Å². The molecule has 0 saturated heterocycles. The lowest BCUT2D eigenvalue weighted by atomic mass is 9.81. The number of ether oxygens (including phenoxy) is 2. The first kappa shape index (κ1) is 20.7. The molecule has 1 unspecified atom stereocenters. The van der Waals surface area contributed by atoms with Crippen LogP contribution in [0.15, 0.2) is 65.8 Å². The second-order valence-corrected chi connectivity index (χ2v) is 6.96. The minimum Gasteiger partial charge on any atom is -0.438 e. The quantitative estimate of drug-likeness (QED) is 0.387. The highest BCUT2D eigenvalue weighted by Gasteiger charge is 2.46. The van der Waals surface area contributed by atoms with E-state index in [1.165, 1.54) is 6.92 Å². The number of esters is 1. The van der Waals surface area contributed by atoms with Gasteiger partial charge in [0, 0.05) is 26.2 Å². The lowest BCUT2D eigenvalue weighted by Gasteiger charge is -2.36. The van der Waals surface area contributed by atoms with E-state index in [1.54, 1.807) is 11.9 Å². The molecule has 0 aromatic heterocycles. The average molecular weight is 394 g/mol. The summed E-state index contributed by atoms with van der Waals surface area (Å²) in [6.07, 6.45) is 1.42. The maximum atomic E-state index is 12.5. The van der Waals surface area contributed by atoms with E-state index >= 15 is 0 Å². The van der Waals surface area contributed by atoms with Crippen molar-refractivity contribution in [2.24, 2.45) is 5.10 Å². The average Bonchev–Trinajstić information content (AvgIpc) is 3.16. The van der Waals surface area contributed by atoms with Crippen LogP contribution in [0.1, 0.15) is 44.2 Å². The Labute approximate surface area is 171 Å². The lowest BCUT2D eigenvalue weighted by molar-refractivity contribution is -0.156. The summed E-state index contributed by atoms with van der Waals surface area (Å²) >= 11 is 0. The maximum Gasteiger partial charge on any atom is 0.307 e. The second-order valence-electron chi connectivity index (χ2n) is 6.96. The molecule has 1 atom stereocenters. The lowest BCUT2D eigenvalue weighted by Crippen LogP contribution is -2.43. The minimum atomic E-state index is -0.646. The number of carbonyl (C=O) groups is 2. The van der Waals surface area contributed by atoms with E-state index in [0.29, 0.717) is 25.9 Å². The van der Waals surface area contributed by atoms with Gasteiger partial charge in [0.2, 0.25) is 5.91 Å². The molecule has 29 heavy (non-hydrogen) atoms. The van der Waals surface area contributed by atoms with Gasteiger partial charge >= 0.3 is 5.97 Å². The van der Waals surface area contributed by atoms with Crippen LogP contribution in [0.5, 0.6) is 0 Å².